The van der Waals surface area contributed by atoms with E-state index >= 15 is 0 Å². The lowest BCUT2D eigenvalue weighted by molar-refractivity contribution is 0.00578. The molecule has 1 heterocycles. The van der Waals surface area contributed by atoms with Crippen molar-refractivity contribution in [3.63, 3.8) is 0 Å². The summed E-state index contributed by atoms with van der Waals surface area (Å²) in [6, 6.07) is 15.1. The molecule has 5 heteroatoms. The Balaban J connectivity index is 1.81. The fourth-order valence-electron chi connectivity index (χ4n) is 2.36. The number of para-hydroxylation sites is 1. The monoisotopic (exact) mass is 330 g/mol. The second kappa shape index (κ2) is 5.86. The molecule has 3 nitrogen and oxygen atoms in total. The summed E-state index contributed by atoms with van der Waals surface area (Å²) in [6.45, 7) is 8.09. The van der Waals surface area contributed by atoms with E-state index < -0.39 is 7.12 Å². The van der Waals surface area contributed by atoms with E-state index in [1.807, 2.05) is 70.2 Å². The topological polar surface area (TPSA) is 27.7 Å². The van der Waals surface area contributed by atoms with Crippen LogP contribution in [0.3, 0.4) is 0 Å². The van der Waals surface area contributed by atoms with Gasteiger partial charge in [-0.25, -0.2) is 0 Å². The molecule has 0 unspecified atom stereocenters. The average Bonchev–Trinajstić information content (AvgIpc) is 2.68. The minimum absolute atomic E-state index is 0.389. The first-order valence-corrected chi connectivity index (χ1v) is 8.04. The van der Waals surface area contributed by atoms with Crippen LogP contribution in [-0.4, -0.2) is 18.3 Å². The van der Waals surface area contributed by atoms with E-state index in [0.29, 0.717) is 10.8 Å². The fraction of sp³-hybridized carbons (Fsp3) is 0.333. The molecule has 0 atom stereocenters. The Bertz CT molecular complexity index is 685. The molecule has 0 spiro atoms. The van der Waals surface area contributed by atoms with Crippen LogP contribution < -0.4 is 10.2 Å². The molecule has 0 bridgehead atoms. The normalized spacial score (nSPS) is 18.9. The summed E-state index contributed by atoms with van der Waals surface area (Å²) >= 11 is 6.42. The average molecular weight is 331 g/mol. The molecular weight excluding hydrogens is 310 g/mol. The molecule has 0 aromatic heterocycles. The van der Waals surface area contributed by atoms with E-state index in [0.717, 1.165) is 11.2 Å². The van der Waals surface area contributed by atoms with Crippen LogP contribution in [0.1, 0.15) is 27.7 Å². The molecule has 120 valence electrons. The Morgan fingerprint density at radius 2 is 1.48 bits per heavy atom. The summed E-state index contributed by atoms with van der Waals surface area (Å²) < 4.78 is 17.9. The third kappa shape index (κ3) is 3.25. The lowest BCUT2D eigenvalue weighted by atomic mass is 9.79. The molecule has 1 fully saturated rings. The highest BCUT2D eigenvalue weighted by molar-refractivity contribution is 6.65. The molecular formula is C18H20BClO3. The summed E-state index contributed by atoms with van der Waals surface area (Å²) in [5.41, 5.74) is 0.0335. The zero-order valence-electron chi connectivity index (χ0n) is 13.8. The molecule has 1 aliphatic rings. The highest BCUT2D eigenvalue weighted by atomic mass is 35.5. The van der Waals surface area contributed by atoms with Gasteiger partial charge in [0.2, 0.25) is 0 Å². The van der Waals surface area contributed by atoms with Gasteiger partial charge in [-0.15, -0.1) is 0 Å². The number of halogens is 1. The van der Waals surface area contributed by atoms with Crippen molar-refractivity contribution in [1.29, 1.82) is 0 Å². The highest BCUT2D eigenvalue weighted by Crippen LogP contribution is 2.37. The first-order valence-electron chi connectivity index (χ1n) is 7.66. The van der Waals surface area contributed by atoms with Gasteiger partial charge in [0.05, 0.1) is 11.2 Å². The van der Waals surface area contributed by atoms with Gasteiger partial charge in [0.25, 0.3) is 0 Å². The van der Waals surface area contributed by atoms with Crippen LogP contribution in [0.2, 0.25) is 5.02 Å². The van der Waals surface area contributed by atoms with Crippen LogP contribution in [0.15, 0.2) is 48.5 Å². The van der Waals surface area contributed by atoms with Gasteiger partial charge < -0.3 is 14.0 Å². The largest absolute Gasteiger partial charge is 0.496 e. The van der Waals surface area contributed by atoms with Gasteiger partial charge >= 0.3 is 7.12 Å². The van der Waals surface area contributed by atoms with Crippen molar-refractivity contribution < 1.29 is 14.0 Å². The van der Waals surface area contributed by atoms with E-state index in [2.05, 4.69) is 0 Å². The van der Waals surface area contributed by atoms with Crippen molar-refractivity contribution in [2.24, 2.45) is 0 Å². The molecule has 1 saturated heterocycles. The number of ether oxygens (including phenoxy) is 1. The van der Waals surface area contributed by atoms with Gasteiger partial charge in [-0.1, -0.05) is 35.9 Å². The third-order valence-electron chi connectivity index (χ3n) is 4.46. The summed E-state index contributed by atoms with van der Waals surface area (Å²) in [4.78, 5) is 0. The maximum absolute atomic E-state index is 6.42. The van der Waals surface area contributed by atoms with E-state index in [9.17, 15) is 0 Å². The lowest BCUT2D eigenvalue weighted by Gasteiger charge is -2.32. The Morgan fingerprint density at radius 1 is 0.870 bits per heavy atom. The van der Waals surface area contributed by atoms with Gasteiger partial charge in [0, 0.05) is 10.5 Å². The van der Waals surface area contributed by atoms with Crippen molar-refractivity contribution in [3.05, 3.63) is 53.6 Å². The van der Waals surface area contributed by atoms with Crippen molar-refractivity contribution >= 4 is 24.2 Å². The van der Waals surface area contributed by atoms with Crippen LogP contribution in [-0.2, 0) is 9.31 Å². The molecule has 23 heavy (non-hydrogen) atoms. The van der Waals surface area contributed by atoms with Crippen LogP contribution in [0, 0.1) is 0 Å². The number of rotatable bonds is 3. The minimum Gasteiger partial charge on any atom is -0.457 e. The van der Waals surface area contributed by atoms with Crippen LogP contribution in [0.25, 0.3) is 0 Å². The SMILES string of the molecule is CC1(C)OB(c2ccc(Oc3ccccc3)cc2Cl)OC1(C)C. The van der Waals surface area contributed by atoms with Crippen molar-refractivity contribution in [2.45, 2.75) is 38.9 Å². The van der Waals surface area contributed by atoms with E-state index in [-0.39, 0.29) is 11.2 Å². The maximum atomic E-state index is 6.42. The van der Waals surface area contributed by atoms with Gasteiger partial charge in [-0.3, -0.25) is 0 Å². The van der Waals surface area contributed by atoms with E-state index in [4.69, 9.17) is 25.6 Å². The molecule has 0 radical (unpaired) electrons. The zero-order chi connectivity index (χ0) is 16.7. The Labute approximate surface area is 142 Å². The van der Waals surface area contributed by atoms with Crippen molar-refractivity contribution in [2.75, 3.05) is 0 Å². The minimum atomic E-state index is -0.474. The quantitative estimate of drug-likeness (QED) is 0.779. The molecule has 0 amide bonds. The standard InChI is InChI=1S/C18H20BClO3/c1-17(2)18(3,4)23-19(22-17)15-11-10-14(12-16(15)20)21-13-8-6-5-7-9-13/h5-12H,1-4H3. The van der Waals surface area contributed by atoms with E-state index in [1.54, 1.807) is 6.07 Å². The molecule has 2 aromatic rings. The molecule has 3 rings (SSSR count). The summed E-state index contributed by atoms with van der Waals surface area (Å²) in [5.74, 6) is 1.45. The van der Waals surface area contributed by atoms with Gasteiger partial charge in [-0.05, 0) is 52.0 Å². The molecule has 1 aliphatic heterocycles. The Hall–Kier alpha value is -1.49. The summed E-state index contributed by atoms with van der Waals surface area (Å²) in [6.07, 6.45) is 0. The number of benzene rings is 2. The fourth-order valence-corrected chi connectivity index (χ4v) is 2.62. The second-order valence-corrected chi connectivity index (χ2v) is 7.09. The number of hydrogen-bond donors (Lipinski definition) is 0. The zero-order valence-corrected chi connectivity index (χ0v) is 14.6. The summed E-state index contributed by atoms with van der Waals surface area (Å²) in [5, 5.41) is 0.567. The van der Waals surface area contributed by atoms with Crippen LogP contribution in [0.4, 0.5) is 0 Å². The van der Waals surface area contributed by atoms with Crippen LogP contribution in [0.5, 0.6) is 11.5 Å². The molecule has 0 saturated carbocycles. The first kappa shape index (κ1) is 16.4. The van der Waals surface area contributed by atoms with Gasteiger partial charge in [0.15, 0.2) is 0 Å². The van der Waals surface area contributed by atoms with Gasteiger partial charge in [0.1, 0.15) is 11.5 Å². The van der Waals surface area contributed by atoms with Crippen molar-refractivity contribution in [3.8, 4) is 11.5 Å². The molecule has 2 aromatic carbocycles. The lowest BCUT2D eigenvalue weighted by Crippen LogP contribution is -2.41. The first-order chi connectivity index (χ1) is 10.8. The molecule has 0 aliphatic carbocycles. The predicted molar refractivity (Wildman–Crippen MR) is 93.7 cm³/mol. The predicted octanol–water partition coefficient (Wildman–Crippen LogP) is 4.43. The van der Waals surface area contributed by atoms with Gasteiger partial charge in [-0.2, -0.15) is 0 Å². The third-order valence-corrected chi connectivity index (χ3v) is 4.79. The number of hydrogen-bond acceptors (Lipinski definition) is 3. The van der Waals surface area contributed by atoms with E-state index in [1.165, 1.54) is 0 Å². The smallest absolute Gasteiger partial charge is 0.457 e. The molecule has 0 N–H and O–H groups in total. The maximum Gasteiger partial charge on any atom is 0.496 e. The highest BCUT2D eigenvalue weighted by Gasteiger charge is 2.52. The van der Waals surface area contributed by atoms with Crippen LogP contribution >= 0.6 is 11.6 Å². The second-order valence-electron chi connectivity index (χ2n) is 6.69. The van der Waals surface area contributed by atoms with Crippen molar-refractivity contribution in [1.82, 2.24) is 0 Å². The summed E-state index contributed by atoms with van der Waals surface area (Å²) in [7, 11) is -0.474. The Morgan fingerprint density at radius 3 is 2.04 bits per heavy atom. The Kier molecular flexibility index (Phi) is 4.17.